The van der Waals surface area contributed by atoms with Crippen molar-refractivity contribution in [2.75, 3.05) is 19.3 Å². The average molecular weight is 316 g/mol. The number of hydrogen-bond acceptors (Lipinski definition) is 4. The van der Waals surface area contributed by atoms with Crippen LogP contribution in [0.1, 0.15) is 13.8 Å². The van der Waals surface area contributed by atoms with Gasteiger partial charge in [0.15, 0.2) is 0 Å². The highest BCUT2D eigenvalue weighted by Crippen LogP contribution is 2.21. The van der Waals surface area contributed by atoms with Gasteiger partial charge in [-0.05, 0) is 36.4 Å². The van der Waals surface area contributed by atoms with Gasteiger partial charge in [-0.15, -0.1) is 11.8 Å². The summed E-state index contributed by atoms with van der Waals surface area (Å²) >= 11 is 1.54. The zero-order valence-corrected chi connectivity index (χ0v) is 13.5. The Morgan fingerprint density at radius 2 is 1.85 bits per heavy atom. The van der Waals surface area contributed by atoms with Gasteiger partial charge in [0.2, 0.25) is 15.9 Å². The molecule has 0 aromatic heterocycles. The minimum absolute atomic E-state index is 0.106. The van der Waals surface area contributed by atoms with E-state index in [1.54, 1.807) is 24.3 Å². The largest absolute Gasteiger partial charge is 0.369 e. The van der Waals surface area contributed by atoms with Crippen molar-refractivity contribution in [2.24, 2.45) is 11.7 Å². The lowest BCUT2D eigenvalue weighted by atomic mass is 10.2. The SMILES string of the molecule is CSc1ccc(S(=O)(=O)N(CC(N)=O)CC(C)C)cc1. The van der Waals surface area contributed by atoms with Crippen LogP contribution in [0.25, 0.3) is 0 Å². The maximum absolute atomic E-state index is 12.5. The Morgan fingerprint density at radius 1 is 1.30 bits per heavy atom. The van der Waals surface area contributed by atoms with Gasteiger partial charge in [-0.3, -0.25) is 4.79 Å². The molecule has 112 valence electrons. The van der Waals surface area contributed by atoms with Crippen LogP contribution in [-0.2, 0) is 14.8 Å². The molecule has 0 saturated carbocycles. The van der Waals surface area contributed by atoms with Crippen molar-refractivity contribution >= 4 is 27.7 Å². The van der Waals surface area contributed by atoms with Crippen LogP contribution in [0.4, 0.5) is 0 Å². The second-order valence-corrected chi connectivity index (χ2v) is 7.65. The molecule has 0 fully saturated rings. The van der Waals surface area contributed by atoms with E-state index >= 15 is 0 Å². The van der Waals surface area contributed by atoms with Gasteiger partial charge in [0.05, 0.1) is 11.4 Å². The van der Waals surface area contributed by atoms with Crippen LogP contribution in [0, 0.1) is 5.92 Å². The van der Waals surface area contributed by atoms with E-state index in [-0.39, 0.29) is 23.9 Å². The van der Waals surface area contributed by atoms with Crippen molar-refractivity contribution in [1.82, 2.24) is 4.31 Å². The number of thioether (sulfide) groups is 1. The van der Waals surface area contributed by atoms with Gasteiger partial charge in [-0.1, -0.05) is 13.8 Å². The predicted octanol–water partition coefficient (Wildman–Crippen LogP) is 1.54. The predicted molar refractivity (Wildman–Crippen MR) is 81.0 cm³/mol. The molecular weight excluding hydrogens is 296 g/mol. The lowest BCUT2D eigenvalue weighted by Gasteiger charge is -2.22. The maximum atomic E-state index is 12.5. The van der Waals surface area contributed by atoms with Gasteiger partial charge in [0.1, 0.15) is 0 Å². The molecular formula is C13H20N2O3S2. The fourth-order valence-electron chi connectivity index (χ4n) is 1.73. The third kappa shape index (κ3) is 4.50. The molecule has 0 aliphatic heterocycles. The smallest absolute Gasteiger partial charge is 0.243 e. The zero-order chi connectivity index (χ0) is 15.3. The van der Waals surface area contributed by atoms with Crippen molar-refractivity contribution < 1.29 is 13.2 Å². The van der Waals surface area contributed by atoms with E-state index in [0.29, 0.717) is 0 Å². The summed E-state index contributed by atoms with van der Waals surface area (Å²) in [5.74, 6) is -0.551. The van der Waals surface area contributed by atoms with Crippen LogP contribution in [-0.4, -0.2) is 38.0 Å². The second kappa shape index (κ2) is 7.10. The van der Waals surface area contributed by atoms with Crippen LogP contribution in [0.2, 0.25) is 0 Å². The van der Waals surface area contributed by atoms with E-state index in [4.69, 9.17) is 5.73 Å². The minimum atomic E-state index is -3.69. The minimum Gasteiger partial charge on any atom is -0.369 e. The molecule has 0 heterocycles. The molecule has 7 heteroatoms. The van der Waals surface area contributed by atoms with Crippen molar-refractivity contribution in [3.63, 3.8) is 0 Å². The van der Waals surface area contributed by atoms with E-state index < -0.39 is 15.9 Å². The summed E-state index contributed by atoms with van der Waals surface area (Å²) in [6.07, 6.45) is 1.92. The molecule has 0 aliphatic rings. The fourth-order valence-corrected chi connectivity index (χ4v) is 3.70. The molecule has 5 nitrogen and oxygen atoms in total. The molecule has 0 radical (unpaired) electrons. The first-order valence-electron chi connectivity index (χ1n) is 6.20. The number of benzene rings is 1. The van der Waals surface area contributed by atoms with Crippen molar-refractivity contribution in [3.05, 3.63) is 24.3 Å². The number of nitrogens with two attached hydrogens (primary N) is 1. The van der Waals surface area contributed by atoms with Gasteiger partial charge >= 0.3 is 0 Å². The molecule has 1 rings (SSSR count). The molecule has 0 unspecified atom stereocenters. The normalized spacial score (nSPS) is 12.1. The summed E-state index contributed by atoms with van der Waals surface area (Å²) in [5.41, 5.74) is 5.14. The second-order valence-electron chi connectivity index (χ2n) is 4.83. The Morgan fingerprint density at radius 3 is 2.25 bits per heavy atom. The average Bonchev–Trinajstić information content (AvgIpc) is 2.37. The molecule has 0 spiro atoms. The number of carbonyl (C=O) groups is 1. The number of rotatable bonds is 7. The highest BCUT2D eigenvalue weighted by molar-refractivity contribution is 7.98. The third-order valence-corrected chi connectivity index (χ3v) is 5.17. The molecule has 0 atom stereocenters. The Bertz CT molecular complexity index is 553. The van der Waals surface area contributed by atoms with Crippen LogP contribution in [0.5, 0.6) is 0 Å². The number of primary amides is 1. The van der Waals surface area contributed by atoms with E-state index in [9.17, 15) is 13.2 Å². The number of nitrogens with zero attached hydrogens (tertiary/aromatic N) is 1. The van der Waals surface area contributed by atoms with E-state index in [2.05, 4.69) is 0 Å². The van der Waals surface area contributed by atoms with Crippen molar-refractivity contribution in [2.45, 2.75) is 23.6 Å². The van der Waals surface area contributed by atoms with Crippen LogP contribution >= 0.6 is 11.8 Å². The molecule has 1 aromatic carbocycles. The molecule has 1 aromatic rings. The number of carbonyl (C=O) groups excluding carboxylic acids is 1. The van der Waals surface area contributed by atoms with Gasteiger partial charge in [-0.25, -0.2) is 8.42 Å². The molecule has 2 N–H and O–H groups in total. The van der Waals surface area contributed by atoms with Crippen molar-refractivity contribution in [1.29, 1.82) is 0 Å². The topological polar surface area (TPSA) is 80.5 Å². The van der Waals surface area contributed by atoms with Crippen LogP contribution in [0.3, 0.4) is 0 Å². The maximum Gasteiger partial charge on any atom is 0.243 e. The number of hydrogen-bond donors (Lipinski definition) is 1. The summed E-state index contributed by atoms with van der Waals surface area (Å²) in [7, 11) is -3.69. The number of sulfonamides is 1. The molecule has 20 heavy (non-hydrogen) atoms. The standard InChI is InChI=1S/C13H20N2O3S2/c1-10(2)8-15(9-13(14)16)20(17,18)12-6-4-11(19-3)5-7-12/h4-7,10H,8-9H2,1-3H3,(H2,14,16). The van der Waals surface area contributed by atoms with Gasteiger partial charge in [0.25, 0.3) is 0 Å². The Hall–Kier alpha value is -1.05. The summed E-state index contributed by atoms with van der Waals surface area (Å²) in [4.78, 5) is 12.2. The Labute approximate surface area is 124 Å². The van der Waals surface area contributed by atoms with Gasteiger partial charge in [-0.2, -0.15) is 4.31 Å². The highest BCUT2D eigenvalue weighted by atomic mass is 32.2. The fraction of sp³-hybridized carbons (Fsp3) is 0.462. The van der Waals surface area contributed by atoms with E-state index in [1.807, 2.05) is 20.1 Å². The molecule has 0 bridgehead atoms. The molecule has 0 aliphatic carbocycles. The Kier molecular flexibility index (Phi) is 6.04. The van der Waals surface area contributed by atoms with Crippen molar-refractivity contribution in [3.8, 4) is 0 Å². The van der Waals surface area contributed by atoms with E-state index in [0.717, 1.165) is 9.20 Å². The van der Waals surface area contributed by atoms with Crippen LogP contribution in [0.15, 0.2) is 34.1 Å². The summed E-state index contributed by atoms with van der Waals surface area (Å²) in [5, 5.41) is 0. The molecule has 1 amide bonds. The summed E-state index contributed by atoms with van der Waals surface area (Å²) in [6.45, 7) is 3.74. The third-order valence-electron chi connectivity index (χ3n) is 2.60. The molecule has 0 saturated heterocycles. The first kappa shape index (κ1) is 17.0. The lowest BCUT2D eigenvalue weighted by molar-refractivity contribution is -0.118. The van der Waals surface area contributed by atoms with Gasteiger partial charge in [0, 0.05) is 11.4 Å². The van der Waals surface area contributed by atoms with E-state index in [1.165, 1.54) is 11.8 Å². The monoisotopic (exact) mass is 316 g/mol. The first-order valence-corrected chi connectivity index (χ1v) is 8.86. The summed E-state index contributed by atoms with van der Waals surface area (Å²) < 4.78 is 26.2. The number of amides is 1. The first-order chi connectivity index (χ1) is 9.27. The zero-order valence-electron chi connectivity index (χ0n) is 11.9. The quantitative estimate of drug-likeness (QED) is 0.774. The summed E-state index contributed by atoms with van der Waals surface area (Å²) in [6, 6.07) is 6.59. The highest BCUT2D eigenvalue weighted by Gasteiger charge is 2.26. The van der Waals surface area contributed by atoms with Crippen LogP contribution < -0.4 is 5.73 Å². The lowest BCUT2D eigenvalue weighted by Crippen LogP contribution is -2.40. The Balaban J connectivity index is 3.10. The van der Waals surface area contributed by atoms with Gasteiger partial charge < -0.3 is 5.73 Å².